The number of ether oxygens (including phenoxy) is 1. The average molecular weight is 521 g/mol. The van der Waals surface area contributed by atoms with Crippen molar-refractivity contribution >= 4 is 52.2 Å². The summed E-state index contributed by atoms with van der Waals surface area (Å²) in [4.78, 5) is 39.0. The molecular weight excluding hydrogens is 496 g/mol. The molecule has 4 rings (SSSR count). The van der Waals surface area contributed by atoms with Crippen molar-refractivity contribution in [1.29, 1.82) is 0 Å². The van der Waals surface area contributed by atoms with E-state index in [1.54, 1.807) is 24.3 Å². The summed E-state index contributed by atoms with van der Waals surface area (Å²) < 4.78 is 5.56. The Morgan fingerprint density at radius 1 is 1.06 bits per heavy atom. The zero-order valence-corrected chi connectivity index (χ0v) is 21.3. The third-order valence-electron chi connectivity index (χ3n) is 5.51. The van der Waals surface area contributed by atoms with E-state index in [0.717, 1.165) is 23.7 Å². The van der Waals surface area contributed by atoms with Gasteiger partial charge < -0.3 is 10.1 Å². The zero-order valence-electron chi connectivity index (χ0n) is 19.7. The summed E-state index contributed by atoms with van der Waals surface area (Å²) in [5, 5.41) is 2.79. The second-order valence-electron chi connectivity index (χ2n) is 8.32. The topological polar surface area (TPSA) is 75.7 Å². The quantitative estimate of drug-likeness (QED) is 0.333. The third kappa shape index (κ3) is 6.77. The van der Waals surface area contributed by atoms with Gasteiger partial charge in [-0.05, 0) is 73.0 Å². The molecule has 6 nitrogen and oxygen atoms in total. The van der Waals surface area contributed by atoms with Gasteiger partial charge in [0.05, 0.1) is 9.93 Å². The van der Waals surface area contributed by atoms with Crippen LogP contribution in [0.25, 0.3) is 6.08 Å². The highest BCUT2D eigenvalue weighted by molar-refractivity contribution is 8.18. The van der Waals surface area contributed by atoms with E-state index in [4.69, 9.17) is 16.3 Å². The number of halogens is 1. The molecule has 1 aliphatic rings. The van der Waals surface area contributed by atoms with Crippen molar-refractivity contribution in [1.82, 2.24) is 4.90 Å². The molecule has 3 aromatic rings. The molecule has 0 atom stereocenters. The van der Waals surface area contributed by atoms with E-state index in [2.05, 4.69) is 5.32 Å². The standard InChI is InChI=1S/C28H25ClN2O4S/c1-19-9-12-22(13-10-19)30-26(32)18-35-24-14-11-21(16-23(24)29)17-25-27(33)31(28(34)36-25)15-5-8-20-6-3-2-4-7-20/h2-4,6-7,9-14,16-17H,5,8,15,18H2,1H3,(H,30,32)/b25-17+. The molecule has 36 heavy (non-hydrogen) atoms. The number of benzene rings is 3. The molecule has 0 unspecified atom stereocenters. The Kier molecular flexibility index (Phi) is 8.46. The summed E-state index contributed by atoms with van der Waals surface area (Å²) in [6.07, 6.45) is 3.13. The van der Waals surface area contributed by atoms with Crippen molar-refractivity contribution in [2.75, 3.05) is 18.5 Å². The number of carbonyl (C=O) groups excluding carboxylic acids is 3. The molecule has 8 heteroatoms. The first-order valence-electron chi connectivity index (χ1n) is 11.5. The summed E-state index contributed by atoms with van der Waals surface area (Å²) in [7, 11) is 0. The maximum atomic E-state index is 12.8. The number of carbonyl (C=O) groups is 3. The predicted molar refractivity (Wildman–Crippen MR) is 144 cm³/mol. The number of nitrogens with zero attached hydrogens (tertiary/aromatic N) is 1. The monoisotopic (exact) mass is 520 g/mol. The van der Waals surface area contributed by atoms with Crippen molar-refractivity contribution in [3.8, 4) is 5.75 Å². The minimum absolute atomic E-state index is 0.200. The highest BCUT2D eigenvalue weighted by atomic mass is 35.5. The van der Waals surface area contributed by atoms with Gasteiger partial charge in [-0.25, -0.2) is 0 Å². The van der Waals surface area contributed by atoms with Gasteiger partial charge in [-0.3, -0.25) is 19.3 Å². The Hall–Kier alpha value is -3.55. The van der Waals surface area contributed by atoms with Gasteiger partial charge in [0.25, 0.3) is 17.1 Å². The smallest absolute Gasteiger partial charge is 0.293 e. The van der Waals surface area contributed by atoms with Crippen LogP contribution in [0, 0.1) is 6.92 Å². The molecule has 1 heterocycles. The SMILES string of the molecule is Cc1ccc(NC(=O)COc2ccc(/C=C3/SC(=O)N(CCCc4ccccc4)C3=O)cc2Cl)cc1. The number of rotatable bonds is 9. The third-order valence-corrected chi connectivity index (χ3v) is 6.71. The number of hydrogen-bond acceptors (Lipinski definition) is 5. The first-order chi connectivity index (χ1) is 17.4. The fraction of sp³-hybridized carbons (Fsp3) is 0.179. The first-order valence-corrected chi connectivity index (χ1v) is 12.7. The summed E-state index contributed by atoms with van der Waals surface area (Å²) >= 11 is 7.26. The molecule has 3 amide bonds. The van der Waals surface area contributed by atoms with Crippen LogP contribution in [0.15, 0.2) is 77.7 Å². The van der Waals surface area contributed by atoms with Crippen molar-refractivity contribution in [2.24, 2.45) is 0 Å². The summed E-state index contributed by atoms with van der Waals surface area (Å²) in [6, 6.07) is 22.4. The van der Waals surface area contributed by atoms with E-state index in [9.17, 15) is 14.4 Å². The zero-order chi connectivity index (χ0) is 25.5. The van der Waals surface area contributed by atoms with E-state index in [1.807, 2.05) is 61.5 Å². The van der Waals surface area contributed by atoms with Crippen molar-refractivity contribution < 1.29 is 19.1 Å². The number of hydrogen-bond donors (Lipinski definition) is 1. The van der Waals surface area contributed by atoms with Gasteiger partial charge in [-0.15, -0.1) is 0 Å². The maximum Gasteiger partial charge on any atom is 0.293 e. The molecule has 0 saturated carbocycles. The molecule has 0 radical (unpaired) electrons. The van der Waals surface area contributed by atoms with E-state index in [-0.39, 0.29) is 23.7 Å². The van der Waals surface area contributed by atoms with Gasteiger partial charge in [0.2, 0.25) is 0 Å². The molecular formula is C28H25ClN2O4S. The number of aryl methyl sites for hydroxylation is 2. The highest BCUT2D eigenvalue weighted by Crippen LogP contribution is 2.34. The van der Waals surface area contributed by atoms with Crippen molar-refractivity contribution in [3.05, 3.63) is 99.4 Å². The minimum atomic E-state index is -0.306. The van der Waals surface area contributed by atoms with Gasteiger partial charge in [-0.1, -0.05) is 65.7 Å². The molecule has 0 aliphatic carbocycles. The van der Waals surface area contributed by atoms with Gasteiger partial charge in [-0.2, -0.15) is 0 Å². The van der Waals surface area contributed by atoms with Crippen LogP contribution in [0.2, 0.25) is 5.02 Å². The maximum absolute atomic E-state index is 12.8. The van der Waals surface area contributed by atoms with E-state index >= 15 is 0 Å². The Morgan fingerprint density at radius 2 is 1.81 bits per heavy atom. The molecule has 1 fully saturated rings. The molecule has 1 N–H and O–H groups in total. The highest BCUT2D eigenvalue weighted by Gasteiger charge is 2.34. The van der Waals surface area contributed by atoms with Gasteiger partial charge in [0.1, 0.15) is 5.75 Å². The van der Waals surface area contributed by atoms with Crippen LogP contribution >= 0.6 is 23.4 Å². The van der Waals surface area contributed by atoms with Crippen LogP contribution in [0.5, 0.6) is 5.75 Å². The van der Waals surface area contributed by atoms with Crippen LogP contribution in [-0.4, -0.2) is 35.1 Å². The van der Waals surface area contributed by atoms with E-state index in [0.29, 0.717) is 39.9 Å². The summed E-state index contributed by atoms with van der Waals surface area (Å²) in [5.74, 6) is -0.260. The fourth-order valence-corrected chi connectivity index (χ4v) is 4.74. The van der Waals surface area contributed by atoms with Gasteiger partial charge in [0.15, 0.2) is 6.61 Å². The Labute approximate surface area is 219 Å². The normalized spacial score (nSPS) is 14.4. The van der Waals surface area contributed by atoms with Crippen molar-refractivity contribution in [2.45, 2.75) is 19.8 Å². The summed E-state index contributed by atoms with van der Waals surface area (Å²) in [6.45, 7) is 2.14. The predicted octanol–water partition coefficient (Wildman–Crippen LogP) is 6.34. The molecule has 3 aromatic carbocycles. The van der Waals surface area contributed by atoms with Crippen molar-refractivity contribution in [3.63, 3.8) is 0 Å². The number of anilines is 1. The molecule has 0 spiro atoms. The lowest BCUT2D eigenvalue weighted by atomic mass is 10.1. The molecule has 1 saturated heterocycles. The van der Waals surface area contributed by atoms with E-state index < -0.39 is 0 Å². The Bertz CT molecular complexity index is 1290. The molecule has 0 aromatic heterocycles. The molecule has 1 aliphatic heterocycles. The Morgan fingerprint density at radius 3 is 2.53 bits per heavy atom. The number of thioether (sulfide) groups is 1. The fourth-order valence-electron chi connectivity index (χ4n) is 3.63. The van der Waals surface area contributed by atoms with Crippen LogP contribution in [0.4, 0.5) is 10.5 Å². The number of nitrogens with one attached hydrogen (secondary N) is 1. The molecule has 0 bridgehead atoms. The second-order valence-corrected chi connectivity index (χ2v) is 9.72. The largest absolute Gasteiger partial charge is 0.482 e. The minimum Gasteiger partial charge on any atom is -0.482 e. The first kappa shape index (κ1) is 25.5. The van der Waals surface area contributed by atoms with Crippen LogP contribution in [0.1, 0.15) is 23.1 Å². The lowest BCUT2D eigenvalue weighted by Crippen LogP contribution is -2.29. The van der Waals surface area contributed by atoms with Crippen LogP contribution in [-0.2, 0) is 16.0 Å². The summed E-state index contributed by atoms with van der Waals surface area (Å²) in [5.41, 5.74) is 3.62. The number of imide groups is 1. The van der Waals surface area contributed by atoms with Gasteiger partial charge >= 0.3 is 0 Å². The lowest BCUT2D eigenvalue weighted by Gasteiger charge is -2.12. The molecule has 184 valence electrons. The number of amides is 3. The van der Waals surface area contributed by atoms with E-state index in [1.165, 1.54) is 10.5 Å². The lowest BCUT2D eigenvalue weighted by molar-refractivity contribution is -0.122. The average Bonchev–Trinajstić information content (AvgIpc) is 3.13. The Balaban J connectivity index is 1.32. The van der Waals surface area contributed by atoms with Crippen LogP contribution in [0.3, 0.4) is 0 Å². The van der Waals surface area contributed by atoms with Gasteiger partial charge in [0, 0.05) is 12.2 Å². The second kappa shape index (κ2) is 11.9. The van der Waals surface area contributed by atoms with Crippen LogP contribution < -0.4 is 10.1 Å².